The van der Waals surface area contributed by atoms with E-state index in [0.717, 1.165) is 48.5 Å². The predicted octanol–water partition coefficient (Wildman–Crippen LogP) is 2.35. The summed E-state index contributed by atoms with van der Waals surface area (Å²) in [6.07, 6.45) is 6.30. The molecule has 0 aromatic carbocycles. The summed E-state index contributed by atoms with van der Waals surface area (Å²) < 4.78 is 4.52. The van der Waals surface area contributed by atoms with E-state index in [4.69, 9.17) is 4.98 Å². The summed E-state index contributed by atoms with van der Waals surface area (Å²) >= 11 is 1.55. The van der Waals surface area contributed by atoms with Crippen molar-refractivity contribution in [2.24, 2.45) is 0 Å². The minimum atomic E-state index is 0.446. The van der Waals surface area contributed by atoms with Crippen molar-refractivity contribution in [3.63, 3.8) is 0 Å². The molecular formula is C16H23N7S. The number of nitrogens with one attached hydrogen (secondary N) is 1. The lowest BCUT2D eigenvalue weighted by Crippen LogP contribution is -2.39. The van der Waals surface area contributed by atoms with Crippen LogP contribution < -0.4 is 15.1 Å². The average molecular weight is 345 g/mol. The van der Waals surface area contributed by atoms with Crippen molar-refractivity contribution in [3.8, 4) is 0 Å². The van der Waals surface area contributed by atoms with Gasteiger partial charge in [-0.05, 0) is 25.7 Å². The summed E-state index contributed by atoms with van der Waals surface area (Å²) in [5.74, 6) is 3.52. The summed E-state index contributed by atoms with van der Waals surface area (Å²) in [7, 11) is 3.98. The monoisotopic (exact) mass is 345 g/mol. The summed E-state index contributed by atoms with van der Waals surface area (Å²) in [5, 5.41) is 4.63. The van der Waals surface area contributed by atoms with Crippen molar-refractivity contribution >= 4 is 28.3 Å². The molecule has 128 valence electrons. The Labute approximate surface area is 146 Å². The van der Waals surface area contributed by atoms with Gasteiger partial charge in [0.1, 0.15) is 23.8 Å². The second-order valence-electron chi connectivity index (χ2n) is 6.77. The van der Waals surface area contributed by atoms with Gasteiger partial charge in [0.25, 0.3) is 0 Å². The fourth-order valence-electron chi connectivity index (χ4n) is 2.96. The van der Waals surface area contributed by atoms with Gasteiger partial charge in [-0.2, -0.15) is 4.37 Å². The van der Waals surface area contributed by atoms with Crippen LogP contribution in [0, 0.1) is 0 Å². The summed E-state index contributed by atoms with van der Waals surface area (Å²) in [6, 6.07) is 2.45. The normalized spacial score (nSPS) is 18.7. The fraction of sp³-hybridized carbons (Fsp3) is 0.625. The van der Waals surface area contributed by atoms with E-state index in [1.807, 2.05) is 25.1 Å². The van der Waals surface area contributed by atoms with E-state index in [1.165, 1.54) is 12.8 Å². The van der Waals surface area contributed by atoms with Gasteiger partial charge in [-0.15, -0.1) is 0 Å². The molecule has 4 rings (SSSR count). The molecule has 1 saturated heterocycles. The van der Waals surface area contributed by atoms with Crippen molar-refractivity contribution in [2.75, 3.05) is 42.3 Å². The topological polar surface area (TPSA) is 70.1 Å². The van der Waals surface area contributed by atoms with Gasteiger partial charge in [0.2, 0.25) is 5.13 Å². The van der Waals surface area contributed by atoms with E-state index in [1.54, 1.807) is 17.9 Å². The number of rotatable bonds is 5. The molecule has 0 unspecified atom stereocenters. The number of anilines is 3. The van der Waals surface area contributed by atoms with E-state index in [-0.39, 0.29) is 0 Å². The first-order valence-electron chi connectivity index (χ1n) is 8.53. The SMILES string of the molecule is CN(C)c1cc(NC2CCN(c3nc(C4CC4)ns3)CC2)ncn1. The average Bonchev–Trinajstić information content (AvgIpc) is 3.33. The van der Waals surface area contributed by atoms with Gasteiger partial charge in [-0.1, -0.05) is 0 Å². The Bertz CT molecular complexity index is 689. The molecule has 2 fully saturated rings. The van der Waals surface area contributed by atoms with Gasteiger partial charge in [-0.25, -0.2) is 15.0 Å². The zero-order valence-corrected chi connectivity index (χ0v) is 15.0. The van der Waals surface area contributed by atoms with Crippen LogP contribution in [-0.2, 0) is 0 Å². The van der Waals surface area contributed by atoms with Gasteiger partial charge in [0.05, 0.1) is 0 Å². The maximum atomic E-state index is 4.72. The number of hydrogen-bond acceptors (Lipinski definition) is 8. The molecule has 1 aliphatic carbocycles. The molecule has 0 spiro atoms. The van der Waals surface area contributed by atoms with Gasteiger partial charge in [0.15, 0.2) is 0 Å². The van der Waals surface area contributed by atoms with Crippen molar-refractivity contribution < 1.29 is 0 Å². The first-order valence-corrected chi connectivity index (χ1v) is 9.31. The minimum Gasteiger partial charge on any atom is -0.367 e. The molecule has 0 bridgehead atoms. The van der Waals surface area contributed by atoms with Crippen LogP contribution in [0.25, 0.3) is 0 Å². The molecule has 2 aromatic rings. The third kappa shape index (κ3) is 3.43. The Kier molecular flexibility index (Phi) is 4.22. The Balaban J connectivity index is 1.33. The molecule has 0 atom stereocenters. The second-order valence-corrected chi connectivity index (χ2v) is 7.50. The van der Waals surface area contributed by atoms with Gasteiger partial charge >= 0.3 is 0 Å². The van der Waals surface area contributed by atoms with Crippen LogP contribution in [0.4, 0.5) is 16.8 Å². The fourth-order valence-corrected chi connectivity index (χ4v) is 3.75. The molecule has 1 saturated carbocycles. The van der Waals surface area contributed by atoms with Crippen molar-refractivity contribution in [1.29, 1.82) is 0 Å². The molecule has 8 heteroatoms. The lowest BCUT2D eigenvalue weighted by molar-refractivity contribution is 0.524. The van der Waals surface area contributed by atoms with Crippen LogP contribution in [0.5, 0.6) is 0 Å². The number of aromatic nitrogens is 4. The lowest BCUT2D eigenvalue weighted by Gasteiger charge is -2.32. The molecule has 2 aliphatic rings. The van der Waals surface area contributed by atoms with Crippen LogP contribution in [0.3, 0.4) is 0 Å². The molecular weight excluding hydrogens is 322 g/mol. The zero-order chi connectivity index (χ0) is 16.5. The number of nitrogens with zero attached hydrogens (tertiary/aromatic N) is 6. The van der Waals surface area contributed by atoms with Crippen molar-refractivity contribution in [1.82, 2.24) is 19.3 Å². The molecule has 0 amide bonds. The van der Waals surface area contributed by atoms with Gasteiger partial charge < -0.3 is 15.1 Å². The van der Waals surface area contributed by atoms with Crippen LogP contribution >= 0.6 is 11.5 Å². The van der Waals surface area contributed by atoms with Crippen molar-refractivity contribution in [3.05, 3.63) is 18.2 Å². The van der Waals surface area contributed by atoms with Crippen molar-refractivity contribution in [2.45, 2.75) is 37.6 Å². The van der Waals surface area contributed by atoms with Gasteiger partial charge in [-0.3, -0.25) is 0 Å². The second kappa shape index (κ2) is 6.51. The third-order valence-corrected chi connectivity index (χ3v) is 5.39. The van der Waals surface area contributed by atoms with Crippen LogP contribution in [0.1, 0.15) is 37.4 Å². The minimum absolute atomic E-state index is 0.446. The molecule has 0 radical (unpaired) electrons. The zero-order valence-electron chi connectivity index (χ0n) is 14.1. The standard InChI is InChI=1S/C16H23N7S/c1-22(2)14-9-13(17-10-18-14)19-12-5-7-23(8-6-12)16-20-15(21-24-16)11-3-4-11/h9-12H,3-8H2,1-2H3,(H,17,18,19). The van der Waals surface area contributed by atoms with E-state index in [9.17, 15) is 0 Å². The van der Waals surface area contributed by atoms with Crippen LogP contribution in [0.2, 0.25) is 0 Å². The summed E-state index contributed by atoms with van der Waals surface area (Å²) in [6.45, 7) is 2.03. The Morgan fingerprint density at radius 3 is 2.67 bits per heavy atom. The van der Waals surface area contributed by atoms with Gasteiger partial charge in [0, 0.05) is 56.7 Å². The smallest absolute Gasteiger partial charge is 0.205 e. The Hall–Kier alpha value is -1.96. The molecule has 3 heterocycles. The predicted molar refractivity (Wildman–Crippen MR) is 97.1 cm³/mol. The Morgan fingerprint density at radius 2 is 1.96 bits per heavy atom. The van der Waals surface area contributed by atoms with E-state index in [2.05, 4.69) is 24.6 Å². The first kappa shape index (κ1) is 15.6. The quantitative estimate of drug-likeness (QED) is 0.892. The molecule has 24 heavy (non-hydrogen) atoms. The third-order valence-electron chi connectivity index (χ3n) is 4.60. The van der Waals surface area contributed by atoms with E-state index >= 15 is 0 Å². The largest absolute Gasteiger partial charge is 0.367 e. The number of piperidine rings is 1. The summed E-state index contributed by atoms with van der Waals surface area (Å²) in [5.41, 5.74) is 0. The van der Waals surface area contributed by atoms with Crippen LogP contribution in [0.15, 0.2) is 12.4 Å². The highest BCUT2D eigenvalue weighted by Crippen LogP contribution is 2.40. The highest BCUT2D eigenvalue weighted by Gasteiger charge is 2.29. The molecule has 2 aromatic heterocycles. The highest BCUT2D eigenvalue weighted by atomic mass is 32.1. The molecule has 7 nitrogen and oxygen atoms in total. The highest BCUT2D eigenvalue weighted by molar-refractivity contribution is 7.09. The van der Waals surface area contributed by atoms with E-state index in [0.29, 0.717) is 12.0 Å². The first-order chi connectivity index (χ1) is 11.7. The Morgan fingerprint density at radius 1 is 1.17 bits per heavy atom. The molecule has 1 N–H and O–H groups in total. The van der Waals surface area contributed by atoms with E-state index < -0.39 is 0 Å². The molecule has 1 aliphatic heterocycles. The lowest BCUT2D eigenvalue weighted by atomic mass is 10.1. The summed E-state index contributed by atoms with van der Waals surface area (Å²) in [4.78, 5) is 17.7. The number of hydrogen-bond donors (Lipinski definition) is 1. The van der Waals surface area contributed by atoms with Crippen LogP contribution in [-0.4, -0.2) is 52.6 Å². The maximum Gasteiger partial charge on any atom is 0.205 e. The maximum absolute atomic E-state index is 4.72.